The molecule has 0 bridgehead atoms. The molecule has 0 aromatic heterocycles. The average molecular weight is 247 g/mol. The lowest BCUT2D eigenvalue weighted by molar-refractivity contribution is -0.116. The summed E-state index contributed by atoms with van der Waals surface area (Å²) in [6, 6.07) is 7.35. The van der Waals surface area contributed by atoms with Gasteiger partial charge < -0.3 is 0 Å². The summed E-state index contributed by atoms with van der Waals surface area (Å²) in [4.78, 5) is 11.3. The Morgan fingerprint density at radius 3 is 2.47 bits per heavy atom. The number of hydrogen-bond donors (Lipinski definition) is 0. The van der Waals surface area contributed by atoms with E-state index in [9.17, 15) is 13.2 Å². The molecule has 0 aliphatic carbocycles. The lowest BCUT2D eigenvalue weighted by Gasteiger charge is -2.03. The molecule has 15 heavy (non-hydrogen) atoms. The van der Waals surface area contributed by atoms with Crippen molar-refractivity contribution in [3.05, 3.63) is 35.4 Å². The van der Waals surface area contributed by atoms with Crippen LogP contribution in [0.25, 0.3) is 0 Å². The molecule has 82 valence electrons. The van der Waals surface area contributed by atoms with Crippen molar-refractivity contribution >= 4 is 25.5 Å². The van der Waals surface area contributed by atoms with Crippen molar-refractivity contribution in [2.75, 3.05) is 5.75 Å². The third-order valence-corrected chi connectivity index (χ3v) is 2.98. The van der Waals surface area contributed by atoms with Crippen molar-refractivity contribution in [3.8, 4) is 0 Å². The SMILES string of the molecule is Cc1ccccc1CC(=O)CS(=O)(=O)Cl. The van der Waals surface area contributed by atoms with Crippen molar-refractivity contribution in [3.63, 3.8) is 0 Å². The Kier molecular flexibility index (Phi) is 3.88. The Morgan fingerprint density at radius 1 is 1.33 bits per heavy atom. The van der Waals surface area contributed by atoms with E-state index in [-0.39, 0.29) is 12.2 Å². The minimum absolute atomic E-state index is 0.110. The van der Waals surface area contributed by atoms with E-state index in [1.165, 1.54) is 0 Å². The molecule has 0 radical (unpaired) electrons. The van der Waals surface area contributed by atoms with Crippen molar-refractivity contribution in [2.24, 2.45) is 0 Å². The van der Waals surface area contributed by atoms with Gasteiger partial charge in [0.05, 0.1) is 0 Å². The summed E-state index contributed by atoms with van der Waals surface area (Å²) in [5.41, 5.74) is 1.81. The van der Waals surface area contributed by atoms with E-state index >= 15 is 0 Å². The fraction of sp³-hybridized carbons (Fsp3) is 0.300. The molecule has 0 fully saturated rings. The van der Waals surface area contributed by atoms with E-state index in [1.54, 1.807) is 6.07 Å². The number of Topliss-reactive ketones (excluding diaryl/α,β-unsaturated/α-hetero) is 1. The summed E-state index contributed by atoms with van der Waals surface area (Å²) in [6.45, 7) is 1.87. The molecule has 1 aromatic carbocycles. The van der Waals surface area contributed by atoms with Crippen LogP contribution in [0.5, 0.6) is 0 Å². The number of benzene rings is 1. The van der Waals surface area contributed by atoms with E-state index in [0.29, 0.717) is 0 Å². The molecular formula is C10H11ClO3S. The largest absolute Gasteiger partial charge is 0.298 e. The molecule has 0 atom stereocenters. The summed E-state index contributed by atoms with van der Waals surface area (Å²) >= 11 is 0. The molecular weight excluding hydrogens is 236 g/mol. The highest BCUT2D eigenvalue weighted by molar-refractivity contribution is 8.14. The second kappa shape index (κ2) is 4.77. The maximum Gasteiger partial charge on any atom is 0.239 e. The Balaban J connectivity index is 2.72. The first-order valence-electron chi connectivity index (χ1n) is 4.37. The fourth-order valence-electron chi connectivity index (χ4n) is 1.26. The summed E-state index contributed by atoms with van der Waals surface area (Å²) in [5, 5.41) is 0. The van der Waals surface area contributed by atoms with Crippen LogP contribution in [0.4, 0.5) is 0 Å². The molecule has 5 heteroatoms. The van der Waals surface area contributed by atoms with Crippen LogP contribution in [-0.4, -0.2) is 20.0 Å². The van der Waals surface area contributed by atoms with Crippen LogP contribution in [0.15, 0.2) is 24.3 Å². The first kappa shape index (κ1) is 12.2. The van der Waals surface area contributed by atoms with E-state index in [4.69, 9.17) is 10.7 Å². The summed E-state index contributed by atoms with van der Waals surface area (Å²) < 4.78 is 21.3. The number of ketones is 1. The molecule has 1 rings (SSSR count). The summed E-state index contributed by atoms with van der Waals surface area (Å²) in [7, 11) is 1.25. The molecule has 0 amide bonds. The second-order valence-electron chi connectivity index (χ2n) is 3.33. The van der Waals surface area contributed by atoms with E-state index in [0.717, 1.165) is 11.1 Å². The van der Waals surface area contributed by atoms with Crippen LogP contribution in [0, 0.1) is 6.92 Å². The van der Waals surface area contributed by atoms with Gasteiger partial charge in [0.15, 0.2) is 5.78 Å². The molecule has 3 nitrogen and oxygen atoms in total. The number of carbonyl (C=O) groups is 1. The second-order valence-corrected chi connectivity index (χ2v) is 6.10. The molecule has 0 saturated carbocycles. The van der Waals surface area contributed by atoms with Gasteiger partial charge in [0.2, 0.25) is 9.05 Å². The van der Waals surface area contributed by atoms with E-state index < -0.39 is 14.8 Å². The highest BCUT2D eigenvalue weighted by atomic mass is 35.7. The van der Waals surface area contributed by atoms with Gasteiger partial charge in [-0.2, -0.15) is 0 Å². The van der Waals surface area contributed by atoms with Crippen LogP contribution in [0.2, 0.25) is 0 Å². The monoisotopic (exact) mass is 246 g/mol. The lowest BCUT2D eigenvalue weighted by atomic mass is 10.0. The Hall–Kier alpha value is -0.870. The average Bonchev–Trinajstić information content (AvgIpc) is 2.05. The Labute approximate surface area is 93.5 Å². The summed E-state index contributed by atoms with van der Waals surface area (Å²) in [6.07, 6.45) is 0.110. The number of aryl methyl sites for hydroxylation is 1. The zero-order valence-corrected chi connectivity index (χ0v) is 9.81. The number of rotatable bonds is 4. The topological polar surface area (TPSA) is 51.2 Å². The predicted octanol–water partition coefficient (Wildman–Crippen LogP) is 1.68. The molecule has 0 aliphatic heterocycles. The van der Waals surface area contributed by atoms with Gasteiger partial charge in [-0.05, 0) is 18.1 Å². The van der Waals surface area contributed by atoms with Crippen LogP contribution in [-0.2, 0) is 20.3 Å². The maximum absolute atomic E-state index is 11.3. The zero-order valence-electron chi connectivity index (χ0n) is 8.23. The Morgan fingerprint density at radius 2 is 1.93 bits per heavy atom. The molecule has 0 saturated heterocycles. The highest BCUT2D eigenvalue weighted by Crippen LogP contribution is 2.09. The molecule has 0 aliphatic rings. The van der Waals surface area contributed by atoms with Gasteiger partial charge in [0.25, 0.3) is 0 Å². The van der Waals surface area contributed by atoms with Gasteiger partial charge in [-0.25, -0.2) is 8.42 Å². The smallest absolute Gasteiger partial charge is 0.239 e. The van der Waals surface area contributed by atoms with Crippen LogP contribution >= 0.6 is 10.7 Å². The van der Waals surface area contributed by atoms with Gasteiger partial charge in [0.1, 0.15) is 5.75 Å². The van der Waals surface area contributed by atoms with Gasteiger partial charge in [-0.1, -0.05) is 24.3 Å². The third kappa shape index (κ3) is 4.44. The highest BCUT2D eigenvalue weighted by Gasteiger charge is 2.14. The van der Waals surface area contributed by atoms with Crippen molar-refractivity contribution < 1.29 is 13.2 Å². The molecule has 1 aromatic rings. The quantitative estimate of drug-likeness (QED) is 0.760. The summed E-state index contributed by atoms with van der Waals surface area (Å²) in [5.74, 6) is -0.998. The fourth-order valence-corrected chi connectivity index (χ4v) is 2.12. The van der Waals surface area contributed by atoms with Crippen molar-refractivity contribution in [1.29, 1.82) is 0 Å². The van der Waals surface area contributed by atoms with Gasteiger partial charge >= 0.3 is 0 Å². The predicted molar refractivity (Wildman–Crippen MR) is 59.5 cm³/mol. The number of hydrogen-bond acceptors (Lipinski definition) is 3. The van der Waals surface area contributed by atoms with Crippen molar-refractivity contribution in [1.82, 2.24) is 0 Å². The van der Waals surface area contributed by atoms with Gasteiger partial charge in [-0.3, -0.25) is 4.79 Å². The number of halogens is 1. The first-order valence-corrected chi connectivity index (χ1v) is 6.85. The lowest BCUT2D eigenvalue weighted by Crippen LogP contribution is -2.14. The first-order chi connectivity index (χ1) is 6.88. The standard InChI is InChI=1S/C10H11ClO3S/c1-8-4-2-3-5-9(8)6-10(12)7-15(11,13)14/h2-5H,6-7H2,1H3. The minimum Gasteiger partial charge on any atom is -0.298 e. The Bertz CT molecular complexity index is 465. The minimum atomic E-state index is -3.73. The maximum atomic E-state index is 11.3. The van der Waals surface area contributed by atoms with Crippen LogP contribution in [0.3, 0.4) is 0 Å². The van der Waals surface area contributed by atoms with Gasteiger partial charge in [0, 0.05) is 17.1 Å². The molecule has 0 spiro atoms. The van der Waals surface area contributed by atoms with Gasteiger partial charge in [-0.15, -0.1) is 0 Å². The third-order valence-electron chi connectivity index (χ3n) is 1.98. The molecule has 0 N–H and O–H groups in total. The number of carbonyl (C=O) groups excluding carboxylic acids is 1. The molecule has 0 heterocycles. The van der Waals surface area contributed by atoms with Crippen LogP contribution in [0.1, 0.15) is 11.1 Å². The van der Waals surface area contributed by atoms with E-state index in [2.05, 4.69) is 0 Å². The van der Waals surface area contributed by atoms with Crippen molar-refractivity contribution in [2.45, 2.75) is 13.3 Å². The molecule has 0 unspecified atom stereocenters. The van der Waals surface area contributed by atoms with E-state index in [1.807, 2.05) is 25.1 Å². The zero-order chi connectivity index (χ0) is 11.5. The van der Waals surface area contributed by atoms with Crippen LogP contribution < -0.4 is 0 Å². The normalized spacial score (nSPS) is 11.3.